The number of hydrogen-bond donors (Lipinski definition) is 1. The van der Waals surface area contributed by atoms with Crippen LogP contribution in [0.3, 0.4) is 0 Å². The van der Waals surface area contributed by atoms with Gasteiger partial charge in [-0.25, -0.2) is 0 Å². The Hall–Kier alpha value is -3.02. The smallest absolute Gasteiger partial charge is 0.252 e. The lowest BCUT2D eigenvalue weighted by atomic mass is 10.0. The molecule has 0 aromatic heterocycles. The molecular formula is C22H24N2O4. The molecule has 4 rings (SSSR count). The van der Waals surface area contributed by atoms with E-state index in [1.54, 1.807) is 18.2 Å². The van der Waals surface area contributed by atoms with E-state index in [0.29, 0.717) is 23.5 Å². The molecule has 1 atom stereocenters. The molecule has 2 aromatic rings. The number of rotatable bonds is 5. The van der Waals surface area contributed by atoms with Crippen LogP contribution in [-0.4, -0.2) is 42.6 Å². The van der Waals surface area contributed by atoms with E-state index in [1.165, 1.54) is 0 Å². The lowest BCUT2D eigenvalue weighted by molar-refractivity contribution is -0.134. The van der Waals surface area contributed by atoms with Crippen molar-refractivity contribution < 1.29 is 19.1 Å². The van der Waals surface area contributed by atoms with Crippen molar-refractivity contribution in [2.45, 2.75) is 31.7 Å². The molecule has 2 aromatic carbocycles. The largest absolute Gasteiger partial charge is 0.454 e. The third-order valence-electron chi connectivity index (χ3n) is 5.19. The van der Waals surface area contributed by atoms with E-state index in [-0.39, 0.29) is 18.6 Å². The van der Waals surface area contributed by atoms with Crippen LogP contribution in [0, 0.1) is 0 Å². The van der Waals surface area contributed by atoms with Gasteiger partial charge in [-0.05, 0) is 43.0 Å². The zero-order valence-electron chi connectivity index (χ0n) is 15.7. The van der Waals surface area contributed by atoms with Gasteiger partial charge in [0.2, 0.25) is 12.7 Å². The van der Waals surface area contributed by atoms with Crippen LogP contribution in [0.4, 0.5) is 0 Å². The quantitative estimate of drug-likeness (QED) is 0.866. The highest BCUT2D eigenvalue weighted by atomic mass is 16.7. The summed E-state index contributed by atoms with van der Waals surface area (Å²) in [4.78, 5) is 27.8. The van der Waals surface area contributed by atoms with Crippen LogP contribution < -0.4 is 14.8 Å². The summed E-state index contributed by atoms with van der Waals surface area (Å²) in [5, 5.41) is 2.94. The average molecular weight is 380 g/mol. The van der Waals surface area contributed by atoms with Gasteiger partial charge in [0.15, 0.2) is 11.5 Å². The fourth-order valence-corrected chi connectivity index (χ4v) is 3.66. The van der Waals surface area contributed by atoms with Gasteiger partial charge < -0.3 is 19.7 Å². The molecule has 1 fully saturated rings. The number of carbonyl (C=O) groups is 2. The summed E-state index contributed by atoms with van der Waals surface area (Å²) < 4.78 is 10.7. The minimum absolute atomic E-state index is 0.0161. The van der Waals surface area contributed by atoms with Gasteiger partial charge in [-0.15, -0.1) is 0 Å². The number of benzene rings is 2. The lowest BCUT2D eigenvalue weighted by Crippen LogP contribution is -2.51. The number of fused-ring (bicyclic) bond motifs is 1. The fraction of sp³-hybridized carbons (Fsp3) is 0.364. The maximum Gasteiger partial charge on any atom is 0.252 e. The number of nitrogens with zero attached hydrogens (tertiary/aromatic N) is 1. The maximum absolute atomic E-state index is 13.1. The van der Waals surface area contributed by atoms with Crippen LogP contribution in [0.2, 0.25) is 0 Å². The monoisotopic (exact) mass is 380 g/mol. The predicted octanol–water partition coefficient (Wildman–Crippen LogP) is 2.77. The molecule has 0 radical (unpaired) electrons. The molecule has 0 unspecified atom stereocenters. The molecule has 1 N–H and O–H groups in total. The van der Waals surface area contributed by atoms with Crippen molar-refractivity contribution >= 4 is 11.8 Å². The number of ether oxygens (including phenoxy) is 2. The van der Waals surface area contributed by atoms with Crippen molar-refractivity contribution in [3.63, 3.8) is 0 Å². The van der Waals surface area contributed by atoms with Crippen molar-refractivity contribution in [2.24, 2.45) is 0 Å². The van der Waals surface area contributed by atoms with Gasteiger partial charge in [-0.3, -0.25) is 9.59 Å². The second-order valence-electron chi connectivity index (χ2n) is 7.17. The zero-order valence-corrected chi connectivity index (χ0v) is 15.7. The van der Waals surface area contributed by atoms with E-state index in [4.69, 9.17) is 9.47 Å². The SMILES string of the molecule is O=C(N[C@H](Cc1ccccc1)C(=O)N1CCCCC1)c1ccc2c(c1)OCO2. The topological polar surface area (TPSA) is 67.9 Å². The Labute approximate surface area is 164 Å². The van der Waals surface area contributed by atoms with Crippen LogP contribution in [0.5, 0.6) is 11.5 Å². The van der Waals surface area contributed by atoms with E-state index in [0.717, 1.165) is 37.9 Å². The summed E-state index contributed by atoms with van der Waals surface area (Å²) in [6.45, 7) is 1.67. The van der Waals surface area contributed by atoms with Gasteiger partial charge in [0.1, 0.15) is 6.04 Å². The number of carbonyl (C=O) groups excluding carboxylic acids is 2. The van der Waals surface area contributed by atoms with Crippen LogP contribution in [0.25, 0.3) is 0 Å². The summed E-state index contributed by atoms with van der Waals surface area (Å²) in [5.41, 5.74) is 1.47. The van der Waals surface area contributed by atoms with Gasteiger partial charge in [-0.2, -0.15) is 0 Å². The van der Waals surface area contributed by atoms with Crippen molar-refractivity contribution in [2.75, 3.05) is 19.9 Å². The molecule has 146 valence electrons. The predicted molar refractivity (Wildman–Crippen MR) is 104 cm³/mol. The van der Waals surface area contributed by atoms with Crippen LogP contribution in [0.1, 0.15) is 35.2 Å². The number of piperidine rings is 1. The molecular weight excluding hydrogens is 356 g/mol. The third kappa shape index (κ3) is 4.11. The van der Waals surface area contributed by atoms with E-state index in [1.807, 2.05) is 35.2 Å². The summed E-state index contributed by atoms with van der Waals surface area (Å²) in [5.74, 6) is 0.874. The minimum atomic E-state index is -0.599. The molecule has 2 aliphatic heterocycles. The molecule has 6 heteroatoms. The lowest BCUT2D eigenvalue weighted by Gasteiger charge is -2.31. The molecule has 1 saturated heterocycles. The van der Waals surface area contributed by atoms with Crippen molar-refractivity contribution in [1.29, 1.82) is 0 Å². The first-order valence-corrected chi connectivity index (χ1v) is 9.74. The summed E-state index contributed by atoms with van der Waals surface area (Å²) >= 11 is 0. The molecule has 6 nitrogen and oxygen atoms in total. The zero-order chi connectivity index (χ0) is 19.3. The number of hydrogen-bond acceptors (Lipinski definition) is 4. The summed E-state index contributed by atoms with van der Waals surface area (Å²) in [7, 11) is 0. The highest BCUT2D eigenvalue weighted by Gasteiger charge is 2.28. The normalized spacial score (nSPS) is 16.5. The molecule has 0 bridgehead atoms. The number of nitrogens with one attached hydrogen (secondary N) is 1. The first-order chi connectivity index (χ1) is 13.7. The van der Waals surface area contributed by atoms with Crippen molar-refractivity contribution in [3.8, 4) is 11.5 Å². The molecule has 0 saturated carbocycles. The van der Waals surface area contributed by atoms with Crippen molar-refractivity contribution in [3.05, 3.63) is 59.7 Å². The van der Waals surface area contributed by atoms with Gasteiger partial charge in [0, 0.05) is 25.1 Å². The Morgan fingerprint density at radius 1 is 0.964 bits per heavy atom. The maximum atomic E-state index is 13.1. The van der Waals surface area contributed by atoms with E-state index in [9.17, 15) is 9.59 Å². The standard InChI is InChI=1S/C22H24N2O4/c25-21(17-9-10-19-20(14-17)28-15-27-19)23-18(13-16-7-3-1-4-8-16)22(26)24-11-5-2-6-12-24/h1,3-4,7-10,14,18H,2,5-6,11-13,15H2,(H,23,25)/t18-/m1/s1. The van der Waals surface area contributed by atoms with E-state index >= 15 is 0 Å². The van der Waals surface area contributed by atoms with Gasteiger partial charge in [0.25, 0.3) is 5.91 Å². The first kappa shape index (κ1) is 18.3. The molecule has 2 aliphatic rings. The van der Waals surface area contributed by atoms with Crippen LogP contribution >= 0.6 is 0 Å². The fourth-order valence-electron chi connectivity index (χ4n) is 3.66. The Balaban J connectivity index is 1.52. The van der Waals surface area contributed by atoms with E-state index in [2.05, 4.69) is 5.32 Å². The van der Waals surface area contributed by atoms with Gasteiger partial charge in [0.05, 0.1) is 0 Å². The van der Waals surface area contributed by atoms with Gasteiger partial charge in [-0.1, -0.05) is 30.3 Å². The molecule has 28 heavy (non-hydrogen) atoms. The van der Waals surface area contributed by atoms with Crippen molar-refractivity contribution in [1.82, 2.24) is 10.2 Å². The first-order valence-electron chi connectivity index (χ1n) is 9.74. The Morgan fingerprint density at radius 3 is 2.50 bits per heavy atom. The molecule has 2 amide bonds. The Kier molecular flexibility index (Phi) is 5.46. The second kappa shape index (κ2) is 8.33. The highest BCUT2D eigenvalue weighted by molar-refractivity contribution is 5.98. The number of amides is 2. The number of likely N-dealkylation sites (tertiary alicyclic amines) is 1. The second-order valence-corrected chi connectivity index (χ2v) is 7.17. The summed E-state index contributed by atoms with van der Waals surface area (Å²) in [6.07, 6.45) is 3.64. The molecule has 2 heterocycles. The Morgan fingerprint density at radius 2 is 1.71 bits per heavy atom. The van der Waals surface area contributed by atoms with Crippen LogP contribution in [0.15, 0.2) is 48.5 Å². The third-order valence-corrected chi connectivity index (χ3v) is 5.19. The van der Waals surface area contributed by atoms with Gasteiger partial charge >= 0.3 is 0 Å². The highest BCUT2D eigenvalue weighted by Crippen LogP contribution is 2.32. The van der Waals surface area contributed by atoms with Crippen LogP contribution in [-0.2, 0) is 11.2 Å². The molecule has 0 aliphatic carbocycles. The van der Waals surface area contributed by atoms with E-state index < -0.39 is 6.04 Å². The molecule has 0 spiro atoms. The summed E-state index contributed by atoms with van der Waals surface area (Å²) in [6, 6.07) is 14.2. The average Bonchev–Trinajstić information content (AvgIpc) is 3.22. The Bertz CT molecular complexity index is 847. The minimum Gasteiger partial charge on any atom is -0.454 e.